The van der Waals surface area contributed by atoms with E-state index < -0.39 is 0 Å². The summed E-state index contributed by atoms with van der Waals surface area (Å²) in [7, 11) is 1.62. The second-order valence-corrected chi connectivity index (χ2v) is 2.87. The minimum Gasteiger partial charge on any atom is -0.481 e. The Bertz CT molecular complexity index is 297. The Balaban J connectivity index is 2.42. The smallest absolute Gasteiger partial charge is 0.214 e. The molecule has 0 amide bonds. The van der Waals surface area contributed by atoms with Crippen molar-refractivity contribution in [3.8, 4) is 5.88 Å². The van der Waals surface area contributed by atoms with E-state index in [1.807, 2.05) is 19.1 Å². The number of allylic oxidation sites excluding steroid dienone is 1. The summed E-state index contributed by atoms with van der Waals surface area (Å²) in [6, 6.07) is 3.81. The van der Waals surface area contributed by atoms with Gasteiger partial charge in [0.05, 0.1) is 7.11 Å². The van der Waals surface area contributed by atoms with E-state index in [1.165, 1.54) is 0 Å². The second-order valence-electron chi connectivity index (χ2n) is 2.87. The maximum atomic E-state index is 5.02. The zero-order valence-corrected chi connectivity index (χ0v) is 8.66. The molecule has 0 saturated carbocycles. The maximum Gasteiger partial charge on any atom is 0.214 e. The van der Waals surface area contributed by atoms with Gasteiger partial charge in [-0.15, -0.1) is 0 Å². The molecule has 0 atom stereocenters. The molecule has 14 heavy (non-hydrogen) atoms. The van der Waals surface area contributed by atoms with Gasteiger partial charge in [0.1, 0.15) is 0 Å². The largest absolute Gasteiger partial charge is 0.481 e. The van der Waals surface area contributed by atoms with Crippen LogP contribution in [0.25, 0.3) is 0 Å². The molecule has 3 nitrogen and oxygen atoms in total. The molecule has 3 heteroatoms. The van der Waals surface area contributed by atoms with E-state index >= 15 is 0 Å². The SMILES string of the molecule is C/C=C/CCNc1ccnc(OC)c1. The van der Waals surface area contributed by atoms with Crippen molar-refractivity contribution in [2.45, 2.75) is 13.3 Å². The first-order chi connectivity index (χ1) is 6.86. The number of nitrogens with one attached hydrogen (secondary N) is 1. The number of methoxy groups -OCH3 is 1. The Labute approximate surface area is 84.8 Å². The van der Waals surface area contributed by atoms with Crippen molar-refractivity contribution >= 4 is 5.69 Å². The van der Waals surface area contributed by atoms with E-state index in [9.17, 15) is 0 Å². The van der Waals surface area contributed by atoms with E-state index in [-0.39, 0.29) is 0 Å². The first-order valence-electron chi connectivity index (χ1n) is 4.72. The minimum absolute atomic E-state index is 0.640. The van der Waals surface area contributed by atoms with E-state index in [0.29, 0.717) is 5.88 Å². The van der Waals surface area contributed by atoms with Crippen molar-refractivity contribution in [1.29, 1.82) is 0 Å². The molecule has 76 valence electrons. The van der Waals surface area contributed by atoms with Crippen LogP contribution in [0.4, 0.5) is 5.69 Å². The first kappa shape index (κ1) is 10.6. The molecule has 1 aromatic heterocycles. The van der Waals surface area contributed by atoms with Crippen molar-refractivity contribution in [3.05, 3.63) is 30.5 Å². The van der Waals surface area contributed by atoms with Crippen LogP contribution >= 0.6 is 0 Å². The molecule has 0 radical (unpaired) electrons. The Kier molecular flexibility index (Phi) is 4.55. The van der Waals surface area contributed by atoms with Gasteiger partial charge in [-0.3, -0.25) is 0 Å². The van der Waals surface area contributed by atoms with Gasteiger partial charge in [-0.25, -0.2) is 4.98 Å². The van der Waals surface area contributed by atoms with Gasteiger partial charge in [-0.2, -0.15) is 0 Å². The molecule has 0 unspecified atom stereocenters. The highest BCUT2D eigenvalue weighted by molar-refractivity contribution is 5.44. The highest BCUT2D eigenvalue weighted by Crippen LogP contribution is 2.12. The Morgan fingerprint density at radius 1 is 1.57 bits per heavy atom. The second kappa shape index (κ2) is 6.02. The third kappa shape index (κ3) is 3.47. The number of nitrogens with zero attached hydrogens (tertiary/aromatic N) is 1. The number of hydrogen-bond acceptors (Lipinski definition) is 3. The van der Waals surface area contributed by atoms with Crippen LogP contribution in [0.1, 0.15) is 13.3 Å². The van der Waals surface area contributed by atoms with E-state index in [4.69, 9.17) is 4.74 Å². The summed E-state index contributed by atoms with van der Waals surface area (Å²) in [6.45, 7) is 2.95. The van der Waals surface area contributed by atoms with Gasteiger partial charge >= 0.3 is 0 Å². The summed E-state index contributed by atoms with van der Waals surface area (Å²) < 4.78 is 5.02. The van der Waals surface area contributed by atoms with Crippen LogP contribution in [0.15, 0.2) is 30.5 Å². The first-order valence-corrected chi connectivity index (χ1v) is 4.72. The zero-order chi connectivity index (χ0) is 10.2. The lowest BCUT2D eigenvalue weighted by Gasteiger charge is -2.05. The highest BCUT2D eigenvalue weighted by Gasteiger charge is 1.94. The molecule has 0 aliphatic carbocycles. The Morgan fingerprint density at radius 3 is 3.14 bits per heavy atom. The lowest BCUT2D eigenvalue weighted by molar-refractivity contribution is 0.398. The molecule has 1 heterocycles. The zero-order valence-electron chi connectivity index (χ0n) is 8.66. The molecule has 1 N–H and O–H groups in total. The van der Waals surface area contributed by atoms with Crippen LogP contribution in [0.5, 0.6) is 5.88 Å². The third-order valence-corrected chi connectivity index (χ3v) is 1.82. The van der Waals surface area contributed by atoms with Crippen LogP contribution in [-0.4, -0.2) is 18.6 Å². The van der Waals surface area contributed by atoms with Crippen LogP contribution < -0.4 is 10.1 Å². The van der Waals surface area contributed by atoms with Crippen molar-refractivity contribution in [3.63, 3.8) is 0 Å². The van der Waals surface area contributed by atoms with Crippen molar-refractivity contribution < 1.29 is 4.74 Å². The monoisotopic (exact) mass is 192 g/mol. The average Bonchev–Trinajstić information content (AvgIpc) is 2.25. The minimum atomic E-state index is 0.640. The van der Waals surface area contributed by atoms with E-state index in [1.54, 1.807) is 13.3 Å². The predicted molar refractivity (Wildman–Crippen MR) is 58.7 cm³/mol. The quantitative estimate of drug-likeness (QED) is 0.575. The van der Waals surface area contributed by atoms with Crippen molar-refractivity contribution in [1.82, 2.24) is 4.98 Å². The average molecular weight is 192 g/mol. The number of aromatic nitrogens is 1. The Morgan fingerprint density at radius 2 is 2.43 bits per heavy atom. The fraction of sp³-hybridized carbons (Fsp3) is 0.364. The van der Waals surface area contributed by atoms with Gasteiger partial charge in [0, 0.05) is 24.5 Å². The van der Waals surface area contributed by atoms with Gasteiger partial charge in [0.25, 0.3) is 0 Å². The van der Waals surface area contributed by atoms with Gasteiger partial charge in [0.2, 0.25) is 5.88 Å². The summed E-state index contributed by atoms with van der Waals surface area (Å²) in [6.07, 6.45) is 6.94. The van der Waals surface area contributed by atoms with E-state index in [0.717, 1.165) is 18.7 Å². The van der Waals surface area contributed by atoms with Crippen LogP contribution in [0, 0.1) is 0 Å². The predicted octanol–water partition coefficient (Wildman–Crippen LogP) is 2.47. The molecule has 1 aromatic rings. The molecular weight excluding hydrogens is 176 g/mol. The maximum absolute atomic E-state index is 5.02. The fourth-order valence-corrected chi connectivity index (χ4v) is 1.10. The topological polar surface area (TPSA) is 34.2 Å². The molecule has 0 spiro atoms. The van der Waals surface area contributed by atoms with Gasteiger partial charge in [-0.05, 0) is 19.4 Å². The summed E-state index contributed by atoms with van der Waals surface area (Å²) in [5.74, 6) is 0.640. The lowest BCUT2D eigenvalue weighted by atomic mass is 10.3. The van der Waals surface area contributed by atoms with Gasteiger partial charge in [0.15, 0.2) is 0 Å². The van der Waals surface area contributed by atoms with Crippen molar-refractivity contribution in [2.24, 2.45) is 0 Å². The van der Waals surface area contributed by atoms with Crippen LogP contribution in [-0.2, 0) is 0 Å². The summed E-state index contributed by atoms with van der Waals surface area (Å²) in [4.78, 5) is 4.03. The van der Waals surface area contributed by atoms with Crippen molar-refractivity contribution in [2.75, 3.05) is 19.0 Å². The fourth-order valence-electron chi connectivity index (χ4n) is 1.10. The molecule has 0 bridgehead atoms. The third-order valence-electron chi connectivity index (χ3n) is 1.82. The summed E-state index contributed by atoms with van der Waals surface area (Å²) in [5.41, 5.74) is 1.04. The standard InChI is InChI=1S/C11H16N2O/c1-3-4-5-7-12-10-6-8-13-11(9-10)14-2/h3-4,6,8-9H,5,7H2,1-2H3,(H,12,13)/b4-3+. The number of rotatable bonds is 5. The normalized spacial score (nSPS) is 10.4. The molecular formula is C11H16N2O. The molecule has 0 aliphatic heterocycles. The van der Waals surface area contributed by atoms with Crippen LogP contribution in [0.2, 0.25) is 0 Å². The summed E-state index contributed by atoms with van der Waals surface area (Å²) >= 11 is 0. The molecule has 0 aromatic carbocycles. The number of pyridine rings is 1. The number of anilines is 1. The van der Waals surface area contributed by atoms with E-state index in [2.05, 4.69) is 22.5 Å². The lowest BCUT2D eigenvalue weighted by Crippen LogP contribution is -2.00. The molecule has 1 rings (SSSR count). The molecule has 0 aliphatic rings. The highest BCUT2D eigenvalue weighted by atomic mass is 16.5. The Hall–Kier alpha value is -1.51. The summed E-state index contributed by atoms with van der Waals surface area (Å²) in [5, 5.41) is 3.28. The molecule has 0 saturated heterocycles. The van der Waals surface area contributed by atoms with Gasteiger partial charge < -0.3 is 10.1 Å². The van der Waals surface area contributed by atoms with Crippen LogP contribution in [0.3, 0.4) is 0 Å². The molecule has 0 fully saturated rings. The van der Waals surface area contributed by atoms with Gasteiger partial charge in [-0.1, -0.05) is 12.2 Å². The number of ether oxygens (including phenoxy) is 1. The number of hydrogen-bond donors (Lipinski definition) is 1.